The zero-order chi connectivity index (χ0) is 27.4. The topological polar surface area (TPSA) is 163 Å². The average molecular weight is 531 g/mol. The van der Waals surface area contributed by atoms with Gasteiger partial charge in [-0.3, -0.25) is 23.5 Å². The van der Waals surface area contributed by atoms with Crippen LogP contribution < -0.4 is 21.5 Å². The number of carbonyl (C=O) groups excluding carboxylic acids is 2. The molecule has 14 heteroatoms. The number of hydrogen-bond donors (Lipinski definition) is 1. The molecular weight excluding hydrogens is 504 g/mol. The summed E-state index contributed by atoms with van der Waals surface area (Å²) in [5.74, 6) is 2.03. The molecule has 6 rings (SSSR count). The molecule has 2 fully saturated rings. The summed E-state index contributed by atoms with van der Waals surface area (Å²) in [5, 5.41) is 2.74. The number of rotatable bonds is 7. The highest BCUT2D eigenvalue weighted by molar-refractivity contribution is 5.93. The molecule has 0 aromatic carbocycles. The first-order chi connectivity index (χ1) is 18.7. The minimum atomic E-state index is -0.890. The SMILES string of the molecule is CC(=O)Cn1c(=O)c2c(ncn2C(C)C(=O)Nc2ccnc(-c3cnc(N4CC5CC5C4)nc3)n2)n(C)c1=O. The predicted molar refractivity (Wildman–Crippen MR) is 140 cm³/mol. The highest BCUT2D eigenvalue weighted by atomic mass is 16.2. The molecule has 0 spiro atoms. The number of hydrogen-bond acceptors (Lipinski definition) is 10. The minimum Gasteiger partial charge on any atom is -0.340 e. The summed E-state index contributed by atoms with van der Waals surface area (Å²) in [6.07, 6.45) is 7.48. The van der Waals surface area contributed by atoms with E-state index in [4.69, 9.17) is 0 Å². The lowest BCUT2D eigenvalue weighted by molar-refractivity contribution is -0.119. The summed E-state index contributed by atoms with van der Waals surface area (Å²) in [6.45, 7) is 4.49. The van der Waals surface area contributed by atoms with Gasteiger partial charge in [-0.1, -0.05) is 0 Å². The van der Waals surface area contributed by atoms with Crippen molar-refractivity contribution in [2.24, 2.45) is 18.9 Å². The maximum absolute atomic E-state index is 13.2. The number of piperidine rings is 1. The van der Waals surface area contributed by atoms with Gasteiger partial charge in [-0.2, -0.15) is 0 Å². The van der Waals surface area contributed by atoms with Crippen LogP contribution in [0, 0.1) is 11.8 Å². The molecule has 5 heterocycles. The standard InChI is InChI=1S/C25H26N10O4/c1-13(36)9-34-23(38)19-21(32(3)25(34)39)29-12-35(19)14(2)22(37)31-18-4-5-26-20(30-18)17-7-27-24(28-8-17)33-10-15-6-16(15)11-33/h4-5,7-8,12,14-16H,6,9-11H2,1-3H3,(H,26,30,31,37). The number of nitrogens with zero attached hydrogens (tertiary/aromatic N) is 9. The van der Waals surface area contributed by atoms with Crippen LogP contribution in [0.4, 0.5) is 11.8 Å². The molecule has 0 radical (unpaired) electrons. The van der Waals surface area contributed by atoms with E-state index in [0.29, 0.717) is 17.3 Å². The molecule has 3 unspecified atom stereocenters. The molecule has 200 valence electrons. The summed E-state index contributed by atoms with van der Waals surface area (Å²) in [7, 11) is 1.45. The molecule has 1 N–H and O–H groups in total. The Balaban J connectivity index is 1.23. The van der Waals surface area contributed by atoms with Crippen LogP contribution in [0.1, 0.15) is 26.3 Å². The summed E-state index contributed by atoms with van der Waals surface area (Å²) in [4.78, 5) is 74.5. The van der Waals surface area contributed by atoms with Crippen molar-refractivity contribution >= 4 is 34.6 Å². The van der Waals surface area contributed by atoms with Gasteiger partial charge in [-0.05, 0) is 38.2 Å². The van der Waals surface area contributed by atoms with Crippen LogP contribution in [-0.4, -0.2) is 63.4 Å². The van der Waals surface area contributed by atoms with E-state index in [1.165, 1.54) is 42.1 Å². The second-order valence-electron chi connectivity index (χ2n) is 10.1. The number of fused-ring (bicyclic) bond motifs is 2. The largest absolute Gasteiger partial charge is 0.340 e. The molecule has 1 saturated heterocycles. The van der Waals surface area contributed by atoms with Crippen molar-refractivity contribution in [1.82, 2.24) is 38.6 Å². The quantitative estimate of drug-likeness (QED) is 0.354. The van der Waals surface area contributed by atoms with Gasteiger partial charge >= 0.3 is 5.69 Å². The first kappa shape index (κ1) is 24.6. The molecule has 1 aliphatic heterocycles. The highest BCUT2D eigenvalue weighted by Gasteiger charge is 2.45. The Bertz CT molecular complexity index is 1730. The molecule has 4 aromatic heterocycles. The first-order valence-corrected chi connectivity index (χ1v) is 12.6. The lowest BCUT2D eigenvalue weighted by Gasteiger charge is -2.17. The van der Waals surface area contributed by atoms with Gasteiger partial charge in [0.2, 0.25) is 11.9 Å². The van der Waals surface area contributed by atoms with E-state index in [1.807, 2.05) is 0 Å². The molecule has 1 amide bonds. The number of nitrogens with one attached hydrogen (secondary N) is 1. The van der Waals surface area contributed by atoms with Crippen LogP contribution in [0.25, 0.3) is 22.6 Å². The number of carbonyl (C=O) groups is 2. The van der Waals surface area contributed by atoms with Crippen LogP contribution in [0.5, 0.6) is 0 Å². The number of ketones is 1. The van der Waals surface area contributed by atoms with Crippen LogP contribution in [0.2, 0.25) is 0 Å². The van der Waals surface area contributed by atoms with Crippen molar-refractivity contribution in [3.63, 3.8) is 0 Å². The zero-order valence-corrected chi connectivity index (χ0v) is 21.6. The Hall–Kier alpha value is -4.75. The van der Waals surface area contributed by atoms with Gasteiger partial charge in [0, 0.05) is 38.7 Å². The summed E-state index contributed by atoms with van der Waals surface area (Å²) in [5.41, 5.74) is -0.591. The second kappa shape index (κ2) is 9.22. The minimum absolute atomic E-state index is 0.0388. The number of anilines is 2. The molecule has 2 aliphatic rings. The van der Waals surface area contributed by atoms with Gasteiger partial charge < -0.3 is 14.8 Å². The third-order valence-electron chi connectivity index (χ3n) is 7.30. The van der Waals surface area contributed by atoms with E-state index in [9.17, 15) is 19.2 Å². The van der Waals surface area contributed by atoms with Gasteiger partial charge in [0.05, 0.1) is 18.4 Å². The molecule has 0 bridgehead atoms. The van der Waals surface area contributed by atoms with Crippen molar-refractivity contribution in [3.05, 3.63) is 51.8 Å². The Morgan fingerprint density at radius 1 is 1.10 bits per heavy atom. The van der Waals surface area contributed by atoms with E-state index in [-0.39, 0.29) is 29.3 Å². The number of aryl methyl sites for hydroxylation is 1. The first-order valence-electron chi connectivity index (χ1n) is 12.6. The van der Waals surface area contributed by atoms with Crippen LogP contribution >= 0.6 is 0 Å². The molecule has 4 aromatic rings. The van der Waals surface area contributed by atoms with Crippen LogP contribution in [0.3, 0.4) is 0 Å². The molecular formula is C25H26N10O4. The highest BCUT2D eigenvalue weighted by Crippen LogP contribution is 2.45. The lowest BCUT2D eigenvalue weighted by atomic mass is 10.3. The normalized spacial score (nSPS) is 18.7. The molecule has 3 atom stereocenters. The van der Waals surface area contributed by atoms with E-state index >= 15 is 0 Å². The Morgan fingerprint density at radius 2 is 1.82 bits per heavy atom. The van der Waals surface area contributed by atoms with Gasteiger partial charge in [0.1, 0.15) is 17.6 Å². The maximum atomic E-state index is 13.2. The average Bonchev–Trinajstić information content (AvgIpc) is 3.31. The third kappa shape index (κ3) is 4.36. The monoisotopic (exact) mass is 530 g/mol. The van der Waals surface area contributed by atoms with Crippen molar-refractivity contribution in [3.8, 4) is 11.4 Å². The van der Waals surface area contributed by atoms with Gasteiger partial charge in [0.25, 0.3) is 5.56 Å². The van der Waals surface area contributed by atoms with E-state index in [0.717, 1.165) is 29.5 Å². The smallest absolute Gasteiger partial charge is 0.332 e. The number of Topliss-reactive ketones (excluding diaryl/α,β-unsaturated/α-hetero) is 1. The zero-order valence-electron chi connectivity index (χ0n) is 21.6. The number of amides is 1. The fraction of sp³-hybridized carbons (Fsp3) is 0.400. The summed E-state index contributed by atoms with van der Waals surface area (Å²) >= 11 is 0. The molecule has 14 nitrogen and oxygen atoms in total. The fourth-order valence-corrected chi connectivity index (χ4v) is 5.03. The van der Waals surface area contributed by atoms with Gasteiger partial charge in [0.15, 0.2) is 17.0 Å². The van der Waals surface area contributed by atoms with E-state index in [2.05, 4.69) is 35.1 Å². The third-order valence-corrected chi connectivity index (χ3v) is 7.30. The van der Waals surface area contributed by atoms with E-state index < -0.39 is 23.2 Å². The fourth-order valence-electron chi connectivity index (χ4n) is 5.03. The lowest BCUT2D eigenvalue weighted by Crippen LogP contribution is -2.41. The van der Waals surface area contributed by atoms with Crippen molar-refractivity contribution in [1.29, 1.82) is 0 Å². The number of imidazole rings is 1. The predicted octanol–water partition coefficient (Wildman–Crippen LogP) is 0.389. The molecule has 1 saturated carbocycles. The van der Waals surface area contributed by atoms with Crippen molar-refractivity contribution in [2.75, 3.05) is 23.3 Å². The summed E-state index contributed by atoms with van der Waals surface area (Å²) < 4.78 is 3.39. The molecule has 1 aliphatic carbocycles. The van der Waals surface area contributed by atoms with Crippen molar-refractivity contribution < 1.29 is 9.59 Å². The van der Waals surface area contributed by atoms with Gasteiger partial charge in [-0.25, -0.2) is 29.7 Å². The second-order valence-corrected chi connectivity index (χ2v) is 10.1. The van der Waals surface area contributed by atoms with Crippen LogP contribution in [-0.2, 0) is 23.2 Å². The van der Waals surface area contributed by atoms with Crippen LogP contribution in [0.15, 0.2) is 40.6 Å². The maximum Gasteiger partial charge on any atom is 0.332 e. The summed E-state index contributed by atoms with van der Waals surface area (Å²) in [6, 6.07) is 0.661. The van der Waals surface area contributed by atoms with Crippen molar-refractivity contribution in [2.45, 2.75) is 32.9 Å². The Labute approximate surface area is 221 Å². The van der Waals surface area contributed by atoms with Gasteiger partial charge in [-0.15, -0.1) is 0 Å². The Morgan fingerprint density at radius 3 is 2.51 bits per heavy atom. The van der Waals surface area contributed by atoms with E-state index in [1.54, 1.807) is 25.4 Å². The molecule has 39 heavy (non-hydrogen) atoms. The Kier molecular flexibility index (Phi) is 5.81. The number of aromatic nitrogens is 8.